The summed E-state index contributed by atoms with van der Waals surface area (Å²) in [4.78, 5) is 29.3. The summed E-state index contributed by atoms with van der Waals surface area (Å²) < 4.78 is 7.22. The number of likely N-dealkylation sites (tertiary alicyclic amines) is 2. The van der Waals surface area contributed by atoms with Crippen LogP contribution >= 0.6 is 0 Å². The first-order valence-electron chi connectivity index (χ1n) is 9.26. The highest BCUT2D eigenvalue weighted by Crippen LogP contribution is 2.24. The average molecular weight is 363 g/mol. The van der Waals surface area contributed by atoms with Crippen LogP contribution in [-0.4, -0.2) is 76.8 Å². The number of carbonyl (C=O) groups is 2. The van der Waals surface area contributed by atoms with Crippen molar-refractivity contribution >= 4 is 17.5 Å². The minimum atomic E-state index is -0.278. The number of nitrogens with one attached hydrogen (secondary N) is 1. The smallest absolute Gasteiger partial charge is 0.240 e. The lowest BCUT2D eigenvalue weighted by Gasteiger charge is -2.26. The number of hydrogen-bond donors (Lipinski definition) is 1. The summed E-state index contributed by atoms with van der Waals surface area (Å²) in [7, 11) is 3.51. The van der Waals surface area contributed by atoms with Gasteiger partial charge < -0.3 is 15.0 Å². The van der Waals surface area contributed by atoms with Crippen LogP contribution in [-0.2, 0) is 21.4 Å². The van der Waals surface area contributed by atoms with Gasteiger partial charge in [-0.15, -0.1) is 0 Å². The third-order valence-corrected chi connectivity index (χ3v) is 5.52. The molecule has 3 rings (SSSR count). The van der Waals surface area contributed by atoms with Crippen LogP contribution in [0.25, 0.3) is 0 Å². The molecule has 144 valence electrons. The van der Waals surface area contributed by atoms with Gasteiger partial charge in [0.05, 0.1) is 35.8 Å². The van der Waals surface area contributed by atoms with Crippen molar-refractivity contribution in [2.75, 3.05) is 38.6 Å². The van der Waals surface area contributed by atoms with Crippen molar-refractivity contribution < 1.29 is 14.3 Å². The highest BCUT2D eigenvalue weighted by molar-refractivity contribution is 5.94. The third kappa shape index (κ3) is 3.76. The van der Waals surface area contributed by atoms with Gasteiger partial charge in [0, 0.05) is 33.8 Å². The maximum absolute atomic E-state index is 12.9. The summed E-state index contributed by atoms with van der Waals surface area (Å²) in [5.41, 5.74) is 2.46. The molecule has 0 radical (unpaired) electrons. The maximum atomic E-state index is 12.9. The fraction of sp³-hybridized carbons (Fsp3) is 0.722. The third-order valence-electron chi connectivity index (χ3n) is 5.52. The maximum Gasteiger partial charge on any atom is 0.240 e. The van der Waals surface area contributed by atoms with E-state index in [-0.39, 0.29) is 30.5 Å². The van der Waals surface area contributed by atoms with Gasteiger partial charge in [0.25, 0.3) is 0 Å². The molecule has 1 aromatic heterocycles. The monoisotopic (exact) mass is 363 g/mol. The molecule has 2 atom stereocenters. The van der Waals surface area contributed by atoms with E-state index in [2.05, 4.69) is 10.4 Å². The second kappa shape index (κ2) is 7.75. The zero-order valence-electron chi connectivity index (χ0n) is 16.1. The molecular weight excluding hydrogens is 334 g/mol. The van der Waals surface area contributed by atoms with Crippen molar-refractivity contribution in [2.24, 2.45) is 7.05 Å². The Kier molecular flexibility index (Phi) is 5.62. The van der Waals surface area contributed by atoms with Gasteiger partial charge in [-0.2, -0.15) is 5.10 Å². The Balaban J connectivity index is 1.67. The number of anilines is 1. The summed E-state index contributed by atoms with van der Waals surface area (Å²) >= 11 is 0. The minimum Gasteiger partial charge on any atom is -0.380 e. The molecule has 0 bridgehead atoms. The molecule has 2 aliphatic heterocycles. The first kappa shape index (κ1) is 18.8. The number of aryl methyl sites for hydroxylation is 2. The molecule has 3 heterocycles. The standard InChI is InChI=1S/C18H29N5O3/c1-12-17(13(2)21(3)20-12)19-16(24)11-23-10-14(26-4)9-15(23)18(25)22-7-5-6-8-22/h14-15H,5-11H2,1-4H3,(H,19,24)/t14-,15-/m0/s1. The van der Waals surface area contributed by atoms with Gasteiger partial charge in [0.2, 0.25) is 11.8 Å². The number of nitrogens with zero attached hydrogens (tertiary/aromatic N) is 4. The summed E-state index contributed by atoms with van der Waals surface area (Å²) in [5, 5.41) is 7.28. The zero-order chi connectivity index (χ0) is 18.8. The van der Waals surface area contributed by atoms with E-state index in [0.717, 1.165) is 43.0 Å². The van der Waals surface area contributed by atoms with Crippen molar-refractivity contribution in [2.45, 2.75) is 45.3 Å². The van der Waals surface area contributed by atoms with Crippen LogP contribution in [0, 0.1) is 13.8 Å². The van der Waals surface area contributed by atoms with E-state index in [1.165, 1.54) is 0 Å². The first-order chi connectivity index (χ1) is 12.4. The number of ether oxygens (including phenoxy) is 1. The molecule has 0 spiro atoms. The molecule has 8 nitrogen and oxygen atoms in total. The predicted octanol–water partition coefficient (Wildman–Crippen LogP) is 0.687. The summed E-state index contributed by atoms with van der Waals surface area (Å²) in [6.45, 7) is 6.21. The summed E-state index contributed by atoms with van der Waals surface area (Å²) in [6.07, 6.45) is 2.75. The van der Waals surface area contributed by atoms with E-state index in [0.29, 0.717) is 13.0 Å². The van der Waals surface area contributed by atoms with Crippen LogP contribution in [0.3, 0.4) is 0 Å². The highest BCUT2D eigenvalue weighted by Gasteiger charge is 2.40. The number of methoxy groups -OCH3 is 1. The van der Waals surface area contributed by atoms with Gasteiger partial charge >= 0.3 is 0 Å². The normalized spacial score (nSPS) is 23.6. The molecule has 2 saturated heterocycles. The molecule has 8 heteroatoms. The van der Waals surface area contributed by atoms with E-state index in [1.807, 2.05) is 30.7 Å². The van der Waals surface area contributed by atoms with Gasteiger partial charge in [-0.05, 0) is 33.1 Å². The van der Waals surface area contributed by atoms with Crippen molar-refractivity contribution in [3.05, 3.63) is 11.4 Å². The Morgan fingerprint density at radius 3 is 2.54 bits per heavy atom. The number of carbonyl (C=O) groups excluding carboxylic acids is 2. The predicted molar refractivity (Wildman–Crippen MR) is 97.9 cm³/mol. The molecule has 2 amide bonds. The van der Waals surface area contributed by atoms with Crippen LogP contribution in [0.1, 0.15) is 30.7 Å². The molecule has 0 saturated carbocycles. The number of aromatic nitrogens is 2. The largest absolute Gasteiger partial charge is 0.380 e. The molecule has 2 fully saturated rings. The molecule has 0 aromatic carbocycles. The topological polar surface area (TPSA) is 79.7 Å². The van der Waals surface area contributed by atoms with Crippen molar-refractivity contribution in [3.63, 3.8) is 0 Å². The van der Waals surface area contributed by atoms with E-state index in [4.69, 9.17) is 4.74 Å². The van der Waals surface area contributed by atoms with Crippen molar-refractivity contribution in [1.29, 1.82) is 0 Å². The molecular formula is C18H29N5O3. The van der Waals surface area contributed by atoms with E-state index in [1.54, 1.807) is 11.8 Å². The van der Waals surface area contributed by atoms with E-state index in [9.17, 15) is 9.59 Å². The lowest BCUT2D eigenvalue weighted by atomic mass is 10.1. The van der Waals surface area contributed by atoms with E-state index >= 15 is 0 Å². The van der Waals surface area contributed by atoms with Gasteiger partial charge in [-0.3, -0.25) is 19.2 Å². The quantitative estimate of drug-likeness (QED) is 0.833. The Morgan fingerprint density at radius 1 is 1.27 bits per heavy atom. The van der Waals surface area contributed by atoms with Gasteiger partial charge in [0.1, 0.15) is 0 Å². The van der Waals surface area contributed by atoms with Crippen LogP contribution in [0.4, 0.5) is 5.69 Å². The Labute approximate surface area is 154 Å². The number of rotatable bonds is 5. The molecule has 2 aliphatic rings. The zero-order valence-corrected chi connectivity index (χ0v) is 16.1. The molecule has 0 aliphatic carbocycles. The lowest BCUT2D eigenvalue weighted by molar-refractivity contribution is -0.135. The van der Waals surface area contributed by atoms with E-state index < -0.39 is 0 Å². The average Bonchev–Trinajstić information content (AvgIpc) is 3.32. The molecule has 0 unspecified atom stereocenters. The fourth-order valence-corrected chi connectivity index (χ4v) is 3.93. The van der Waals surface area contributed by atoms with Crippen molar-refractivity contribution in [1.82, 2.24) is 19.6 Å². The second-order valence-corrected chi connectivity index (χ2v) is 7.29. The van der Waals surface area contributed by atoms with Gasteiger partial charge in [0.15, 0.2) is 0 Å². The first-order valence-corrected chi connectivity index (χ1v) is 9.26. The summed E-state index contributed by atoms with van der Waals surface area (Å²) in [5.74, 6) is 0.00349. The van der Waals surface area contributed by atoms with Crippen LogP contribution in [0.15, 0.2) is 0 Å². The Hall–Kier alpha value is -1.93. The SMILES string of the molecule is CO[C@H]1C[C@@H](C(=O)N2CCCC2)N(CC(=O)Nc2c(C)nn(C)c2C)C1. The Morgan fingerprint density at radius 2 is 1.96 bits per heavy atom. The Bertz CT molecular complexity index is 681. The second-order valence-electron chi connectivity index (χ2n) is 7.29. The fourth-order valence-electron chi connectivity index (χ4n) is 3.93. The minimum absolute atomic E-state index is 0.0128. The molecule has 1 aromatic rings. The van der Waals surface area contributed by atoms with Crippen LogP contribution in [0.5, 0.6) is 0 Å². The van der Waals surface area contributed by atoms with Crippen LogP contribution in [0.2, 0.25) is 0 Å². The van der Waals surface area contributed by atoms with Gasteiger partial charge in [-0.1, -0.05) is 0 Å². The van der Waals surface area contributed by atoms with Crippen LogP contribution < -0.4 is 5.32 Å². The molecule has 26 heavy (non-hydrogen) atoms. The molecule has 1 N–H and O–H groups in total. The lowest BCUT2D eigenvalue weighted by Crippen LogP contribution is -2.47. The number of hydrogen-bond acceptors (Lipinski definition) is 5. The highest BCUT2D eigenvalue weighted by atomic mass is 16.5. The van der Waals surface area contributed by atoms with Gasteiger partial charge in [-0.25, -0.2) is 0 Å². The number of amides is 2. The summed E-state index contributed by atoms with van der Waals surface area (Å²) in [6, 6.07) is -0.278. The van der Waals surface area contributed by atoms with Crippen molar-refractivity contribution in [3.8, 4) is 0 Å².